The highest BCUT2D eigenvalue weighted by Gasteiger charge is 2.23. The molecule has 3 rings (SSSR count). The van der Waals surface area contributed by atoms with Crippen LogP contribution in [-0.2, 0) is 20.9 Å². The average molecular weight is 430 g/mol. The lowest BCUT2D eigenvalue weighted by molar-refractivity contribution is -0.119. The number of fused-ring (bicyclic) bond motifs is 1. The van der Waals surface area contributed by atoms with E-state index in [1.807, 2.05) is 39.0 Å². The molecule has 3 aromatic rings. The number of benzene rings is 2. The van der Waals surface area contributed by atoms with Gasteiger partial charge in [-0.25, -0.2) is 9.18 Å². The van der Waals surface area contributed by atoms with Crippen LogP contribution in [0.2, 0.25) is 0 Å². The SMILES string of the molecule is COCc1c(C(=O)OCC(=O)Nc2c(C)cccc2C(C)C)sc2cccc(F)c12. The van der Waals surface area contributed by atoms with Gasteiger partial charge in [0.15, 0.2) is 6.61 Å². The number of rotatable bonds is 7. The van der Waals surface area contributed by atoms with Crippen LogP contribution >= 0.6 is 11.3 Å². The number of thiophene rings is 1. The predicted molar refractivity (Wildman–Crippen MR) is 117 cm³/mol. The van der Waals surface area contributed by atoms with E-state index < -0.39 is 24.3 Å². The molecule has 0 saturated carbocycles. The van der Waals surface area contributed by atoms with Crippen molar-refractivity contribution in [2.45, 2.75) is 33.3 Å². The normalized spacial score (nSPS) is 11.1. The highest BCUT2D eigenvalue weighted by atomic mass is 32.1. The first-order valence-electron chi connectivity index (χ1n) is 9.58. The second kappa shape index (κ2) is 9.36. The van der Waals surface area contributed by atoms with Crippen LogP contribution in [0.15, 0.2) is 36.4 Å². The van der Waals surface area contributed by atoms with Crippen LogP contribution < -0.4 is 5.32 Å². The number of hydrogen-bond donors (Lipinski definition) is 1. The Kier molecular flexibility index (Phi) is 6.84. The Bertz CT molecular complexity index is 1090. The van der Waals surface area contributed by atoms with Gasteiger partial charge in [0, 0.05) is 28.4 Å². The number of anilines is 1. The van der Waals surface area contributed by atoms with Crippen molar-refractivity contribution in [1.82, 2.24) is 0 Å². The van der Waals surface area contributed by atoms with Gasteiger partial charge in [0.05, 0.1) is 6.61 Å². The second-order valence-corrected chi connectivity index (χ2v) is 8.33. The van der Waals surface area contributed by atoms with E-state index in [2.05, 4.69) is 5.32 Å². The lowest BCUT2D eigenvalue weighted by atomic mass is 9.98. The quantitative estimate of drug-likeness (QED) is 0.510. The van der Waals surface area contributed by atoms with E-state index in [1.54, 1.807) is 12.1 Å². The number of carbonyl (C=O) groups excluding carboxylic acids is 2. The molecular weight excluding hydrogens is 405 g/mol. The van der Waals surface area contributed by atoms with Crippen molar-refractivity contribution in [3.05, 3.63) is 63.8 Å². The summed E-state index contributed by atoms with van der Waals surface area (Å²) in [5.74, 6) is -1.30. The van der Waals surface area contributed by atoms with Crippen molar-refractivity contribution < 1.29 is 23.5 Å². The Balaban J connectivity index is 1.76. The Labute approximate surface area is 178 Å². The molecule has 0 unspecified atom stereocenters. The lowest BCUT2D eigenvalue weighted by Gasteiger charge is -2.16. The average Bonchev–Trinajstić information content (AvgIpc) is 3.07. The smallest absolute Gasteiger partial charge is 0.349 e. The summed E-state index contributed by atoms with van der Waals surface area (Å²) >= 11 is 1.12. The van der Waals surface area contributed by atoms with Crippen molar-refractivity contribution in [1.29, 1.82) is 0 Å². The number of aryl methyl sites for hydroxylation is 1. The van der Waals surface area contributed by atoms with Gasteiger partial charge in [-0.15, -0.1) is 11.3 Å². The van der Waals surface area contributed by atoms with E-state index >= 15 is 0 Å². The van der Waals surface area contributed by atoms with Gasteiger partial charge in [0.2, 0.25) is 0 Å². The van der Waals surface area contributed by atoms with E-state index in [4.69, 9.17) is 9.47 Å². The molecule has 0 atom stereocenters. The topological polar surface area (TPSA) is 64.6 Å². The molecule has 1 aromatic heterocycles. The number of methoxy groups -OCH3 is 1. The molecule has 1 heterocycles. The summed E-state index contributed by atoms with van der Waals surface area (Å²) in [5.41, 5.74) is 3.11. The third kappa shape index (κ3) is 4.52. The summed E-state index contributed by atoms with van der Waals surface area (Å²) in [4.78, 5) is 25.3. The number of esters is 1. The summed E-state index contributed by atoms with van der Waals surface area (Å²) in [6, 6.07) is 10.5. The van der Waals surface area contributed by atoms with Crippen molar-refractivity contribution in [3.8, 4) is 0 Å². The minimum absolute atomic E-state index is 0.0680. The highest BCUT2D eigenvalue weighted by molar-refractivity contribution is 7.21. The molecule has 0 saturated heterocycles. The predicted octanol–water partition coefficient (Wildman–Crippen LogP) is 5.41. The molecule has 0 radical (unpaired) electrons. The van der Waals surface area contributed by atoms with E-state index in [0.717, 1.165) is 28.2 Å². The number of para-hydroxylation sites is 1. The first kappa shape index (κ1) is 21.9. The maximum absolute atomic E-state index is 14.3. The maximum Gasteiger partial charge on any atom is 0.349 e. The van der Waals surface area contributed by atoms with Crippen LogP contribution in [-0.4, -0.2) is 25.6 Å². The van der Waals surface area contributed by atoms with Crippen molar-refractivity contribution >= 4 is 39.0 Å². The summed E-state index contributed by atoms with van der Waals surface area (Å²) < 4.78 is 25.3. The zero-order valence-corrected chi connectivity index (χ0v) is 18.2. The minimum Gasteiger partial charge on any atom is -0.451 e. The molecule has 2 aromatic carbocycles. The Hall–Kier alpha value is -2.77. The van der Waals surface area contributed by atoms with E-state index in [-0.39, 0.29) is 17.4 Å². The van der Waals surface area contributed by atoms with Crippen molar-refractivity contribution in [2.75, 3.05) is 19.0 Å². The van der Waals surface area contributed by atoms with Crippen LogP contribution in [0, 0.1) is 12.7 Å². The zero-order valence-electron chi connectivity index (χ0n) is 17.4. The van der Waals surface area contributed by atoms with Gasteiger partial charge in [-0.2, -0.15) is 0 Å². The number of nitrogens with one attached hydrogen (secondary N) is 1. The molecule has 5 nitrogen and oxygen atoms in total. The number of amides is 1. The Morgan fingerprint density at radius 1 is 1.17 bits per heavy atom. The zero-order chi connectivity index (χ0) is 21.8. The fourth-order valence-corrected chi connectivity index (χ4v) is 4.44. The summed E-state index contributed by atoms with van der Waals surface area (Å²) in [6.07, 6.45) is 0. The highest BCUT2D eigenvalue weighted by Crippen LogP contribution is 2.34. The van der Waals surface area contributed by atoms with Gasteiger partial charge in [-0.1, -0.05) is 38.1 Å². The summed E-state index contributed by atoms with van der Waals surface area (Å²) in [7, 11) is 1.47. The van der Waals surface area contributed by atoms with Gasteiger partial charge in [-0.05, 0) is 36.1 Å². The van der Waals surface area contributed by atoms with Crippen LogP contribution in [0.1, 0.15) is 46.1 Å². The number of halogens is 1. The molecule has 0 aliphatic carbocycles. The molecule has 0 fully saturated rings. The van der Waals surface area contributed by atoms with Gasteiger partial charge < -0.3 is 14.8 Å². The number of hydrogen-bond acceptors (Lipinski definition) is 5. The molecule has 0 spiro atoms. The molecule has 1 amide bonds. The van der Waals surface area contributed by atoms with E-state index in [0.29, 0.717) is 15.6 Å². The molecule has 0 bridgehead atoms. The van der Waals surface area contributed by atoms with Gasteiger partial charge in [0.25, 0.3) is 5.91 Å². The summed E-state index contributed by atoms with van der Waals surface area (Å²) in [6.45, 7) is 5.63. The minimum atomic E-state index is -0.674. The Morgan fingerprint density at radius 2 is 1.90 bits per heavy atom. The van der Waals surface area contributed by atoms with E-state index in [1.165, 1.54) is 13.2 Å². The first-order valence-corrected chi connectivity index (χ1v) is 10.4. The van der Waals surface area contributed by atoms with Crippen molar-refractivity contribution in [3.63, 3.8) is 0 Å². The van der Waals surface area contributed by atoms with Crippen LogP contribution in [0.25, 0.3) is 10.1 Å². The molecule has 0 aliphatic rings. The standard InChI is InChI=1S/C23H24FNO4S/c1-13(2)15-8-5-7-14(3)21(15)25-19(26)12-29-23(27)22-16(11-28-4)20-17(24)9-6-10-18(20)30-22/h5-10,13H,11-12H2,1-4H3,(H,25,26). The molecule has 158 valence electrons. The van der Waals surface area contributed by atoms with Gasteiger partial charge in [0.1, 0.15) is 10.7 Å². The monoisotopic (exact) mass is 429 g/mol. The lowest BCUT2D eigenvalue weighted by Crippen LogP contribution is -2.22. The largest absolute Gasteiger partial charge is 0.451 e. The molecule has 0 aliphatic heterocycles. The number of carbonyl (C=O) groups is 2. The third-order valence-corrected chi connectivity index (χ3v) is 5.94. The van der Waals surface area contributed by atoms with Crippen LogP contribution in [0.3, 0.4) is 0 Å². The molecular formula is C23H24FNO4S. The van der Waals surface area contributed by atoms with Crippen molar-refractivity contribution in [2.24, 2.45) is 0 Å². The van der Waals surface area contributed by atoms with Crippen LogP contribution in [0.5, 0.6) is 0 Å². The number of ether oxygens (including phenoxy) is 2. The van der Waals surface area contributed by atoms with Gasteiger partial charge >= 0.3 is 5.97 Å². The molecule has 1 N–H and O–H groups in total. The van der Waals surface area contributed by atoms with E-state index in [9.17, 15) is 14.0 Å². The summed E-state index contributed by atoms with van der Waals surface area (Å²) in [5, 5.41) is 3.19. The fourth-order valence-electron chi connectivity index (χ4n) is 3.33. The van der Waals surface area contributed by atoms with Crippen LogP contribution in [0.4, 0.5) is 10.1 Å². The Morgan fingerprint density at radius 3 is 2.60 bits per heavy atom. The fraction of sp³-hybridized carbons (Fsp3) is 0.304. The molecule has 30 heavy (non-hydrogen) atoms. The third-order valence-electron chi connectivity index (χ3n) is 4.76. The first-order chi connectivity index (χ1) is 14.3. The van der Waals surface area contributed by atoms with Gasteiger partial charge in [-0.3, -0.25) is 4.79 Å². The second-order valence-electron chi connectivity index (χ2n) is 7.27. The maximum atomic E-state index is 14.3. The molecule has 7 heteroatoms.